The highest BCUT2D eigenvalue weighted by atomic mass is 15.8. The van der Waals surface area contributed by atoms with Gasteiger partial charge in [-0.1, -0.05) is 108 Å². The minimum Gasteiger partial charge on any atom is -0.220 e. The molecule has 0 aromatic carbocycles. The van der Waals surface area contributed by atoms with Crippen LogP contribution < -0.4 is 5.53 Å². The Morgan fingerprint density at radius 1 is 0.652 bits per heavy atom. The zero-order valence-electron chi connectivity index (χ0n) is 15.6. The third kappa shape index (κ3) is 13.5. The van der Waals surface area contributed by atoms with E-state index in [1.54, 1.807) is 0 Å². The van der Waals surface area contributed by atoms with Crippen LogP contribution in [-0.2, 0) is 0 Å². The molecule has 0 aromatic heterocycles. The van der Waals surface area contributed by atoms with Crippen LogP contribution in [0.4, 0.5) is 0 Å². The van der Waals surface area contributed by atoms with Gasteiger partial charge in [0.25, 0.3) is 0 Å². The number of nitrogens with zero attached hydrogens (tertiary/aromatic N) is 3. The van der Waals surface area contributed by atoms with Gasteiger partial charge in [0.15, 0.2) is 0 Å². The zero-order chi connectivity index (χ0) is 16.4. The van der Waals surface area contributed by atoms with Crippen LogP contribution in [0.1, 0.15) is 110 Å². The summed E-state index contributed by atoms with van der Waals surface area (Å²) >= 11 is 0. The van der Waals surface area contributed by atoms with E-state index in [0.717, 1.165) is 13.2 Å². The van der Waals surface area contributed by atoms with Crippen molar-refractivity contribution in [2.75, 3.05) is 13.2 Å². The Morgan fingerprint density at radius 3 is 1.48 bits per heavy atom. The molecular weight excluding hydrogens is 284 g/mol. The molecule has 0 saturated heterocycles. The summed E-state index contributed by atoms with van der Waals surface area (Å²) in [5.41, 5.74) is 2.90. The van der Waals surface area contributed by atoms with Gasteiger partial charge in [0, 0.05) is 6.54 Å². The van der Waals surface area contributed by atoms with Crippen molar-refractivity contribution in [2.45, 2.75) is 110 Å². The predicted octanol–water partition coefficient (Wildman–Crippen LogP) is 6.39. The minimum absolute atomic E-state index is 0.721. The molecule has 0 bridgehead atoms. The van der Waals surface area contributed by atoms with Crippen molar-refractivity contribution in [1.29, 1.82) is 0 Å². The molecule has 1 N–H and O–H groups in total. The highest BCUT2D eigenvalue weighted by Gasteiger charge is 2.05. The van der Waals surface area contributed by atoms with Gasteiger partial charge in [0.05, 0.1) is 0 Å². The highest BCUT2D eigenvalue weighted by Crippen LogP contribution is 2.13. The number of unbranched alkanes of at least 4 members (excludes halogenated alkanes) is 15. The molecule has 4 heteroatoms. The van der Waals surface area contributed by atoms with Gasteiger partial charge < -0.3 is 0 Å². The molecule has 0 radical (unpaired) electrons. The lowest BCUT2D eigenvalue weighted by atomic mass is 10.0. The summed E-state index contributed by atoms with van der Waals surface area (Å²) in [6.45, 7) is 4.09. The SMILES string of the molecule is CCCCCCCCCCCCCCCCCCN1CN=NN1. The molecular formula is C19H40N4. The van der Waals surface area contributed by atoms with Crippen LogP contribution in [0.3, 0.4) is 0 Å². The predicted molar refractivity (Wildman–Crippen MR) is 99.1 cm³/mol. The van der Waals surface area contributed by atoms with Crippen molar-refractivity contribution < 1.29 is 0 Å². The number of hydrazine groups is 1. The second kappa shape index (κ2) is 16.2. The summed E-state index contributed by atoms with van der Waals surface area (Å²) in [6, 6.07) is 0. The lowest BCUT2D eigenvalue weighted by Crippen LogP contribution is -2.30. The lowest BCUT2D eigenvalue weighted by Gasteiger charge is -2.11. The average Bonchev–Trinajstić information content (AvgIpc) is 3.08. The third-order valence-corrected chi connectivity index (χ3v) is 4.77. The van der Waals surface area contributed by atoms with E-state index < -0.39 is 0 Å². The first-order valence-electron chi connectivity index (χ1n) is 10.3. The number of rotatable bonds is 17. The summed E-state index contributed by atoms with van der Waals surface area (Å²) in [7, 11) is 0. The number of hydrogen-bond acceptors (Lipinski definition) is 4. The van der Waals surface area contributed by atoms with E-state index in [1.165, 1.54) is 103 Å². The fourth-order valence-corrected chi connectivity index (χ4v) is 3.21. The van der Waals surface area contributed by atoms with Crippen LogP contribution in [0.2, 0.25) is 0 Å². The summed E-state index contributed by atoms with van der Waals surface area (Å²) in [5, 5.41) is 9.73. The monoisotopic (exact) mass is 324 g/mol. The third-order valence-electron chi connectivity index (χ3n) is 4.77. The van der Waals surface area contributed by atoms with Gasteiger partial charge >= 0.3 is 0 Å². The molecule has 1 aliphatic rings. The van der Waals surface area contributed by atoms with E-state index in [0.29, 0.717) is 0 Å². The zero-order valence-corrected chi connectivity index (χ0v) is 15.6. The largest absolute Gasteiger partial charge is 0.220 e. The molecule has 0 unspecified atom stereocenters. The number of hydrogen-bond donors (Lipinski definition) is 1. The summed E-state index contributed by atoms with van der Waals surface area (Å²) in [4.78, 5) is 0. The average molecular weight is 325 g/mol. The van der Waals surface area contributed by atoms with Gasteiger partial charge in [-0.2, -0.15) is 10.1 Å². The second-order valence-corrected chi connectivity index (χ2v) is 7.05. The van der Waals surface area contributed by atoms with Gasteiger partial charge in [0.2, 0.25) is 0 Å². The Kier molecular flexibility index (Phi) is 14.4. The molecule has 0 atom stereocenters. The molecule has 0 amide bonds. The van der Waals surface area contributed by atoms with E-state index in [1.807, 2.05) is 0 Å². The Balaban J connectivity index is 1.64. The first-order valence-corrected chi connectivity index (χ1v) is 10.3. The maximum atomic E-state index is 3.90. The number of nitrogens with one attached hydrogen (secondary N) is 1. The van der Waals surface area contributed by atoms with Gasteiger partial charge in [-0.3, -0.25) is 0 Å². The summed E-state index contributed by atoms with van der Waals surface area (Å²) < 4.78 is 0. The lowest BCUT2D eigenvalue weighted by molar-refractivity contribution is 0.231. The van der Waals surface area contributed by atoms with Crippen molar-refractivity contribution in [3.05, 3.63) is 0 Å². The van der Waals surface area contributed by atoms with Crippen molar-refractivity contribution >= 4 is 0 Å². The standard InChI is InChI=1S/C19H40N4/c1-2-3-4-5-6-7-8-9-10-11-12-13-14-15-16-17-18-23-19-20-21-22-23/h2-19H2,1H3,(H,20,22). The van der Waals surface area contributed by atoms with E-state index in [2.05, 4.69) is 27.8 Å². The first-order chi connectivity index (χ1) is 11.4. The topological polar surface area (TPSA) is 40.0 Å². The van der Waals surface area contributed by atoms with E-state index in [9.17, 15) is 0 Å². The van der Waals surface area contributed by atoms with Crippen LogP contribution in [-0.4, -0.2) is 18.2 Å². The molecule has 0 saturated carbocycles. The Hall–Kier alpha value is -0.640. The van der Waals surface area contributed by atoms with Gasteiger partial charge in [0.1, 0.15) is 6.67 Å². The van der Waals surface area contributed by atoms with Crippen LogP contribution in [0.15, 0.2) is 10.3 Å². The van der Waals surface area contributed by atoms with Crippen LogP contribution in [0.5, 0.6) is 0 Å². The molecule has 4 nitrogen and oxygen atoms in total. The molecule has 0 aromatic rings. The fraction of sp³-hybridized carbons (Fsp3) is 1.00. The molecule has 136 valence electrons. The minimum atomic E-state index is 0.721. The Morgan fingerprint density at radius 2 is 1.09 bits per heavy atom. The molecule has 1 rings (SSSR count). The van der Waals surface area contributed by atoms with Crippen molar-refractivity contribution in [2.24, 2.45) is 10.3 Å². The van der Waals surface area contributed by atoms with Crippen molar-refractivity contribution in [3.63, 3.8) is 0 Å². The van der Waals surface area contributed by atoms with E-state index in [-0.39, 0.29) is 0 Å². The molecule has 0 aliphatic carbocycles. The summed E-state index contributed by atoms with van der Waals surface area (Å²) in [6.07, 6.45) is 22.8. The Labute approximate surface area is 144 Å². The van der Waals surface area contributed by atoms with Crippen molar-refractivity contribution in [1.82, 2.24) is 10.5 Å². The second-order valence-electron chi connectivity index (χ2n) is 7.05. The van der Waals surface area contributed by atoms with E-state index >= 15 is 0 Å². The van der Waals surface area contributed by atoms with Crippen LogP contribution >= 0.6 is 0 Å². The van der Waals surface area contributed by atoms with Gasteiger partial charge in [-0.05, 0) is 6.42 Å². The van der Waals surface area contributed by atoms with E-state index in [4.69, 9.17) is 0 Å². The molecule has 0 spiro atoms. The maximum absolute atomic E-state index is 3.90. The molecule has 1 aliphatic heterocycles. The fourth-order valence-electron chi connectivity index (χ4n) is 3.21. The smallest absolute Gasteiger partial charge is 0.133 e. The Bertz CT molecular complexity index is 260. The van der Waals surface area contributed by atoms with Crippen molar-refractivity contribution in [3.8, 4) is 0 Å². The van der Waals surface area contributed by atoms with Gasteiger partial charge in [-0.15, -0.1) is 0 Å². The molecule has 0 fully saturated rings. The van der Waals surface area contributed by atoms with Crippen LogP contribution in [0, 0.1) is 0 Å². The maximum Gasteiger partial charge on any atom is 0.133 e. The normalized spacial score (nSPS) is 14.5. The van der Waals surface area contributed by atoms with Gasteiger partial charge in [-0.25, -0.2) is 5.53 Å². The first kappa shape index (κ1) is 20.4. The molecule has 1 heterocycles. The highest BCUT2D eigenvalue weighted by molar-refractivity contribution is 4.53. The molecule has 23 heavy (non-hydrogen) atoms. The quantitative estimate of drug-likeness (QED) is 0.315. The summed E-state index contributed by atoms with van der Waals surface area (Å²) in [5.74, 6) is 0. The van der Waals surface area contributed by atoms with Crippen LogP contribution in [0.25, 0.3) is 0 Å².